The largest absolute Gasteiger partial charge is 0.494 e. The fourth-order valence-electron chi connectivity index (χ4n) is 2.25. The van der Waals surface area contributed by atoms with E-state index in [9.17, 15) is 4.79 Å². The summed E-state index contributed by atoms with van der Waals surface area (Å²) in [6.07, 6.45) is 0. The summed E-state index contributed by atoms with van der Waals surface area (Å²) in [4.78, 5) is 13.9. The van der Waals surface area contributed by atoms with E-state index in [4.69, 9.17) is 14.2 Å². The van der Waals surface area contributed by atoms with Crippen LogP contribution in [0.2, 0.25) is 0 Å². The number of ether oxygens (including phenoxy) is 3. The molecule has 1 aliphatic rings. The zero-order valence-electron chi connectivity index (χ0n) is 12.9. The number of benzene rings is 1. The fourth-order valence-corrected chi connectivity index (χ4v) is 2.25. The lowest BCUT2D eigenvalue weighted by Crippen LogP contribution is -2.12. The molecule has 21 heavy (non-hydrogen) atoms. The number of carbonyl (C=O) groups excluding carboxylic acids is 1. The predicted octanol–water partition coefficient (Wildman–Crippen LogP) is 2.31. The molecule has 5 heteroatoms. The highest BCUT2D eigenvalue weighted by Crippen LogP contribution is 2.33. The quantitative estimate of drug-likeness (QED) is 0.805. The van der Waals surface area contributed by atoms with Crippen molar-refractivity contribution in [3.8, 4) is 11.5 Å². The minimum Gasteiger partial charge on any atom is -0.494 e. The minimum atomic E-state index is -0.0326. The molecule has 1 aliphatic heterocycles. The van der Waals surface area contributed by atoms with Gasteiger partial charge in [0.15, 0.2) is 6.61 Å². The molecule has 1 heterocycles. The molecule has 0 fully saturated rings. The van der Waals surface area contributed by atoms with Gasteiger partial charge < -0.3 is 19.1 Å². The zero-order chi connectivity index (χ0) is 15.4. The van der Waals surface area contributed by atoms with Crippen molar-refractivity contribution in [3.05, 3.63) is 29.6 Å². The number of hydrogen-bond acceptors (Lipinski definition) is 5. The first kappa shape index (κ1) is 15.2. The van der Waals surface area contributed by atoms with Gasteiger partial charge in [0, 0.05) is 20.2 Å². The van der Waals surface area contributed by atoms with Crippen molar-refractivity contribution in [1.82, 2.24) is 4.90 Å². The van der Waals surface area contributed by atoms with Crippen LogP contribution in [0.25, 0.3) is 5.57 Å². The summed E-state index contributed by atoms with van der Waals surface area (Å²) in [7, 11) is 3.70. The van der Waals surface area contributed by atoms with Crippen LogP contribution in [0.1, 0.15) is 19.4 Å². The van der Waals surface area contributed by atoms with Crippen LogP contribution >= 0.6 is 0 Å². The van der Waals surface area contributed by atoms with Crippen LogP contribution in [0.15, 0.2) is 24.1 Å². The van der Waals surface area contributed by atoms with Crippen LogP contribution in [0.5, 0.6) is 11.5 Å². The molecule has 0 unspecified atom stereocenters. The average Bonchev–Trinajstić information content (AvgIpc) is 2.81. The molecular formula is C16H21NO4. The second-order valence-corrected chi connectivity index (χ2v) is 4.85. The van der Waals surface area contributed by atoms with Crippen molar-refractivity contribution in [2.45, 2.75) is 13.8 Å². The van der Waals surface area contributed by atoms with Gasteiger partial charge in [-0.15, -0.1) is 0 Å². The van der Waals surface area contributed by atoms with E-state index in [0.29, 0.717) is 36.2 Å². The highest BCUT2D eigenvalue weighted by Gasteiger charge is 2.28. The third-order valence-corrected chi connectivity index (χ3v) is 3.03. The van der Waals surface area contributed by atoms with Gasteiger partial charge >= 0.3 is 0 Å². The van der Waals surface area contributed by atoms with Crippen LogP contribution in [0.3, 0.4) is 0 Å². The molecule has 0 N–H and O–H groups in total. The maximum atomic E-state index is 12.1. The monoisotopic (exact) mass is 291 g/mol. The van der Waals surface area contributed by atoms with E-state index in [1.54, 1.807) is 4.90 Å². The molecule has 2 rings (SSSR count). The normalized spacial score (nSPS) is 14.2. The zero-order valence-corrected chi connectivity index (χ0v) is 12.9. The summed E-state index contributed by atoms with van der Waals surface area (Å²) in [5.74, 6) is 1.92. The second-order valence-electron chi connectivity index (χ2n) is 4.85. The maximum absolute atomic E-state index is 12.1. The van der Waals surface area contributed by atoms with Gasteiger partial charge in [-0.05, 0) is 31.5 Å². The average molecular weight is 291 g/mol. The van der Waals surface area contributed by atoms with Gasteiger partial charge in [0.1, 0.15) is 11.5 Å². The topological polar surface area (TPSA) is 48.0 Å². The molecule has 0 saturated carbocycles. The molecule has 5 nitrogen and oxygen atoms in total. The number of Topliss-reactive ketones (excluding diaryl/α,β-unsaturated/α-hetero) is 1. The van der Waals surface area contributed by atoms with E-state index in [2.05, 4.69) is 0 Å². The van der Waals surface area contributed by atoms with Crippen LogP contribution < -0.4 is 9.47 Å². The molecule has 0 amide bonds. The summed E-state index contributed by atoms with van der Waals surface area (Å²) in [6.45, 7) is 5.02. The van der Waals surface area contributed by atoms with Crippen molar-refractivity contribution in [2.24, 2.45) is 0 Å². The summed E-state index contributed by atoms with van der Waals surface area (Å²) in [5.41, 5.74) is 1.33. The molecular weight excluding hydrogens is 270 g/mol. The van der Waals surface area contributed by atoms with Gasteiger partial charge in [0.05, 0.1) is 18.8 Å². The second kappa shape index (κ2) is 6.52. The number of rotatable bonds is 6. The van der Waals surface area contributed by atoms with Crippen molar-refractivity contribution in [1.29, 1.82) is 0 Å². The summed E-state index contributed by atoms with van der Waals surface area (Å²) in [5, 5.41) is 0. The van der Waals surface area contributed by atoms with E-state index in [1.165, 1.54) is 0 Å². The van der Waals surface area contributed by atoms with Crippen LogP contribution in [0, 0.1) is 0 Å². The Balaban J connectivity index is 2.50. The molecule has 0 aromatic heterocycles. The van der Waals surface area contributed by atoms with E-state index in [1.807, 2.05) is 46.1 Å². The number of nitrogens with zero attached hydrogens (tertiary/aromatic N) is 1. The van der Waals surface area contributed by atoms with Gasteiger partial charge in [-0.2, -0.15) is 0 Å². The van der Waals surface area contributed by atoms with Gasteiger partial charge in [-0.1, -0.05) is 0 Å². The Hall–Kier alpha value is -2.17. The summed E-state index contributed by atoms with van der Waals surface area (Å²) < 4.78 is 16.6. The first-order valence-electron chi connectivity index (χ1n) is 7.05. The van der Waals surface area contributed by atoms with Crippen molar-refractivity contribution < 1.29 is 19.0 Å². The van der Waals surface area contributed by atoms with Gasteiger partial charge in [0.25, 0.3) is 0 Å². The lowest BCUT2D eigenvalue weighted by Gasteiger charge is -2.15. The maximum Gasteiger partial charge on any atom is 0.206 e. The highest BCUT2D eigenvalue weighted by molar-refractivity contribution is 6.23. The Morgan fingerprint density at radius 1 is 1.10 bits per heavy atom. The molecule has 114 valence electrons. The Labute approximate surface area is 125 Å². The molecule has 0 bridgehead atoms. The molecule has 0 radical (unpaired) electrons. The Bertz CT molecular complexity index is 539. The van der Waals surface area contributed by atoms with Gasteiger partial charge in [-0.3, -0.25) is 4.79 Å². The van der Waals surface area contributed by atoms with Crippen LogP contribution in [0.4, 0.5) is 0 Å². The van der Waals surface area contributed by atoms with Gasteiger partial charge in [-0.25, -0.2) is 0 Å². The van der Waals surface area contributed by atoms with Crippen molar-refractivity contribution in [2.75, 3.05) is 33.9 Å². The number of carbonyl (C=O) groups is 1. The number of hydrogen-bond donors (Lipinski definition) is 0. The standard InChI is InChI=1S/C16H21NO4/c1-5-19-12-7-11(8-13(9-12)20-6-2)15-14(18)10-21-16(15)17(3)4/h7-9H,5-6,10H2,1-4H3. The Morgan fingerprint density at radius 2 is 1.67 bits per heavy atom. The van der Waals surface area contributed by atoms with E-state index in [-0.39, 0.29) is 12.4 Å². The van der Waals surface area contributed by atoms with Crippen LogP contribution in [-0.2, 0) is 9.53 Å². The van der Waals surface area contributed by atoms with Crippen molar-refractivity contribution >= 4 is 11.4 Å². The molecule has 0 spiro atoms. The first-order valence-corrected chi connectivity index (χ1v) is 7.05. The van der Waals surface area contributed by atoms with E-state index >= 15 is 0 Å². The lowest BCUT2D eigenvalue weighted by molar-refractivity contribution is -0.115. The smallest absolute Gasteiger partial charge is 0.206 e. The highest BCUT2D eigenvalue weighted by atomic mass is 16.5. The third kappa shape index (κ3) is 3.29. The summed E-state index contributed by atoms with van der Waals surface area (Å²) >= 11 is 0. The van der Waals surface area contributed by atoms with Crippen LogP contribution in [-0.4, -0.2) is 44.6 Å². The van der Waals surface area contributed by atoms with E-state index in [0.717, 1.165) is 5.56 Å². The fraction of sp³-hybridized carbons (Fsp3) is 0.438. The predicted molar refractivity (Wildman–Crippen MR) is 80.3 cm³/mol. The molecule has 1 aromatic carbocycles. The molecule has 0 atom stereocenters. The molecule has 0 aliphatic carbocycles. The summed E-state index contributed by atoms with van der Waals surface area (Å²) in [6, 6.07) is 5.52. The lowest BCUT2D eigenvalue weighted by atomic mass is 10.0. The third-order valence-electron chi connectivity index (χ3n) is 3.03. The number of ketones is 1. The Morgan fingerprint density at radius 3 is 2.14 bits per heavy atom. The Kier molecular flexibility index (Phi) is 4.73. The first-order chi connectivity index (χ1) is 10.1. The molecule has 0 saturated heterocycles. The molecule has 1 aromatic rings. The van der Waals surface area contributed by atoms with Gasteiger partial charge in [0.2, 0.25) is 11.7 Å². The van der Waals surface area contributed by atoms with Crippen molar-refractivity contribution in [3.63, 3.8) is 0 Å². The van der Waals surface area contributed by atoms with E-state index < -0.39 is 0 Å². The SMILES string of the molecule is CCOc1cc(OCC)cc(C2=C(N(C)C)OCC2=O)c1. The minimum absolute atomic E-state index is 0.0326.